The summed E-state index contributed by atoms with van der Waals surface area (Å²) in [5.74, 6) is 0.812. The smallest absolute Gasteiger partial charge is 0.0998 e. The molecular weight excluding hydrogens is 212 g/mol. The summed E-state index contributed by atoms with van der Waals surface area (Å²) in [5, 5.41) is 8.70. The summed E-state index contributed by atoms with van der Waals surface area (Å²) >= 11 is 0. The molecule has 1 heterocycles. The van der Waals surface area contributed by atoms with Crippen LogP contribution in [-0.4, -0.2) is 15.0 Å². The zero-order chi connectivity index (χ0) is 11.7. The molecule has 0 amide bonds. The zero-order valence-electron chi connectivity index (χ0n) is 9.66. The van der Waals surface area contributed by atoms with E-state index >= 15 is 0 Å². The van der Waals surface area contributed by atoms with Crippen molar-refractivity contribution in [3.8, 4) is 5.69 Å². The van der Waals surface area contributed by atoms with Crippen molar-refractivity contribution in [2.75, 3.05) is 0 Å². The van der Waals surface area contributed by atoms with Crippen molar-refractivity contribution in [2.45, 2.75) is 25.3 Å². The van der Waals surface area contributed by atoms with E-state index < -0.39 is 0 Å². The van der Waals surface area contributed by atoms with Crippen LogP contribution in [0.25, 0.3) is 5.69 Å². The minimum Gasteiger partial charge on any atom is -0.323 e. The Balaban J connectivity index is 1.77. The van der Waals surface area contributed by atoms with E-state index in [2.05, 4.69) is 10.2 Å². The van der Waals surface area contributed by atoms with E-state index in [1.165, 1.54) is 12.8 Å². The molecule has 1 aromatic heterocycles. The van der Waals surface area contributed by atoms with E-state index in [1.54, 1.807) is 11.0 Å². The fourth-order valence-corrected chi connectivity index (χ4v) is 1.96. The van der Waals surface area contributed by atoms with Crippen molar-refractivity contribution in [1.82, 2.24) is 15.0 Å². The van der Waals surface area contributed by atoms with E-state index in [0.717, 1.165) is 23.7 Å². The van der Waals surface area contributed by atoms with Crippen LogP contribution >= 0.6 is 0 Å². The number of hydrogen-bond donors (Lipinski definition) is 1. The van der Waals surface area contributed by atoms with Crippen LogP contribution in [0.15, 0.2) is 36.5 Å². The van der Waals surface area contributed by atoms with E-state index in [-0.39, 0.29) is 6.04 Å². The van der Waals surface area contributed by atoms with Crippen molar-refractivity contribution < 1.29 is 0 Å². The van der Waals surface area contributed by atoms with Gasteiger partial charge in [-0.1, -0.05) is 31.0 Å². The van der Waals surface area contributed by atoms with Gasteiger partial charge in [-0.15, -0.1) is 0 Å². The molecule has 0 aliphatic heterocycles. The average molecular weight is 228 g/mol. The standard InChI is InChI=1S/C13H16N4/c14-12(8-10-6-7-10)13-9-15-17(16-13)11-4-2-1-3-5-11/h1-5,9-10,12H,6-8,14H2. The Morgan fingerprint density at radius 1 is 1.29 bits per heavy atom. The van der Waals surface area contributed by atoms with Gasteiger partial charge in [-0.3, -0.25) is 0 Å². The highest BCUT2D eigenvalue weighted by molar-refractivity contribution is 5.28. The molecule has 3 rings (SSSR count). The SMILES string of the molecule is NC(CC1CC1)c1cnn(-c2ccccc2)n1. The highest BCUT2D eigenvalue weighted by Gasteiger charge is 2.25. The van der Waals surface area contributed by atoms with E-state index in [1.807, 2.05) is 30.3 Å². The van der Waals surface area contributed by atoms with Crippen LogP contribution in [0.1, 0.15) is 31.0 Å². The van der Waals surface area contributed by atoms with Crippen LogP contribution in [0, 0.1) is 5.92 Å². The maximum atomic E-state index is 6.11. The first kappa shape index (κ1) is 10.5. The maximum Gasteiger partial charge on any atom is 0.0998 e. The maximum absolute atomic E-state index is 6.11. The van der Waals surface area contributed by atoms with Crippen LogP contribution in [-0.2, 0) is 0 Å². The molecule has 2 aromatic rings. The summed E-state index contributed by atoms with van der Waals surface area (Å²) in [6.45, 7) is 0. The van der Waals surface area contributed by atoms with Gasteiger partial charge in [0.25, 0.3) is 0 Å². The van der Waals surface area contributed by atoms with Crippen molar-refractivity contribution in [3.05, 3.63) is 42.2 Å². The molecule has 0 radical (unpaired) electrons. The highest BCUT2D eigenvalue weighted by Crippen LogP contribution is 2.36. The molecule has 1 unspecified atom stereocenters. The monoisotopic (exact) mass is 228 g/mol. The van der Waals surface area contributed by atoms with Crippen LogP contribution < -0.4 is 5.73 Å². The van der Waals surface area contributed by atoms with Crippen molar-refractivity contribution in [3.63, 3.8) is 0 Å². The Kier molecular flexibility index (Phi) is 2.65. The zero-order valence-corrected chi connectivity index (χ0v) is 9.66. The number of aromatic nitrogens is 3. The summed E-state index contributed by atoms with van der Waals surface area (Å²) in [7, 11) is 0. The first-order valence-electron chi connectivity index (χ1n) is 6.06. The lowest BCUT2D eigenvalue weighted by Crippen LogP contribution is -2.12. The minimum atomic E-state index is 0.0277. The predicted octanol–water partition coefficient (Wildman–Crippen LogP) is 2.07. The Hall–Kier alpha value is -1.68. The number of para-hydroxylation sites is 1. The molecular formula is C13H16N4. The number of nitrogens with zero attached hydrogens (tertiary/aromatic N) is 3. The molecule has 1 fully saturated rings. The average Bonchev–Trinajstić information content (AvgIpc) is 3.04. The Labute approximate surface area is 100 Å². The highest BCUT2D eigenvalue weighted by atomic mass is 15.5. The second-order valence-corrected chi connectivity index (χ2v) is 4.68. The van der Waals surface area contributed by atoms with Crippen molar-refractivity contribution in [1.29, 1.82) is 0 Å². The van der Waals surface area contributed by atoms with Crippen LogP contribution in [0.4, 0.5) is 0 Å². The molecule has 0 spiro atoms. The number of benzene rings is 1. The first-order chi connectivity index (χ1) is 8.33. The normalized spacial score (nSPS) is 17.0. The Morgan fingerprint density at radius 2 is 2.06 bits per heavy atom. The molecule has 0 bridgehead atoms. The van der Waals surface area contributed by atoms with Crippen LogP contribution in [0.5, 0.6) is 0 Å². The fraction of sp³-hybridized carbons (Fsp3) is 0.385. The number of nitrogens with two attached hydrogens (primary N) is 1. The number of rotatable bonds is 4. The molecule has 1 aliphatic carbocycles. The second kappa shape index (κ2) is 4.30. The molecule has 4 heteroatoms. The second-order valence-electron chi connectivity index (χ2n) is 4.68. The first-order valence-corrected chi connectivity index (χ1v) is 6.06. The molecule has 1 atom stereocenters. The predicted molar refractivity (Wildman–Crippen MR) is 65.6 cm³/mol. The van der Waals surface area contributed by atoms with Gasteiger partial charge in [-0.05, 0) is 24.5 Å². The third-order valence-corrected chi connectivity index (χ3v) is 3.16. The van der Waals surface area contributed by atoms with Gasteiger partial charge in [-0.2, -0.15) is 15.0 Å². The van der Waals surface area contributed by atoms with Gasteiger partial charge in [0, 0.05) is 0 Å². The van der Waals surface area contributed by atoms with E-state index in [0.29, 0.717) is 0 Å². The summed E-state index contributed by atoms with van der Waals surface area (Å²) in [4.78, 5) is 1.64. The third kappa shape index (κ3) is 2.36. The summed E-state index contributed by atoms with van der Waals surface area (Å²) in [6, 6.07) is 9.92. The van der Waals surface area contributed by atoms with Gasteiger partial charge in [0.15, 0.2) is 0 Å². The summed E-state index contributed by atoms with van der Waals surface area (Å²) < 4.78 is 0. The lowest BCUT2D eigenvalue weighted by Gasteiger charge is -2.06. The van der Waals surface area contributed by atoms with E-state index in [9.17, 15) is 0 Å². The van der Waals surface area contributed by atoms with Gasteiger partial charge in [0.05, 0.1) is 23.6 Å². The lowest BCUT2D eigenvalue weighted by molar-refractivity contribution is 0.576. The van der Waals surface area contributed by atoms with Crippen molar-refractivity contribution >= 4 is 0 Å². The molecule has 0 saturated heterocycles. The number of hydrogen-bond acceptors (Lipinski definition) is 3. The topological polar surface area (TPSA) is 56.7 Å². The molecule has 2 N–H and O–H groups in total. The summed E-state index contributed by atoms with van der Waals surface area (Å²) in [5.41, 5.74) is 7.97. The lowest BCUT2D eigenvalue weighted by atomic mass is 10.1. The molecule has 88 valence electrons. The van der Waals surface area contributed by atoms with E-state index in [4.69, 9.17) is 5.73 Å². The molecule has 4 nitrogen and oxygen atoms in total. The minimum absolute atomic E-state index is 0.0277. The molecule has 1 aliphatic rings. The van der Waals surface area contributed by atoms with Gasteiger partial charge < -0.3 is 5.73 Å². The van der Waals surface area contributed by atoms with Crippen LogP contribution in [0.3, 0.4) is 0 Å². The van der Waals surface area contributed by atoms with Gasteiger partial charge in [0.1, 0.15) is 0 Å². The van der Waals surface area contributed by atoms with Crippen LogP contribution in [0.2, 0.25) is 0 Å². The molecule has 1 saturated carbocycles. The van der Waals surface area contributed by atoms with Gasteiger partial charge in [-0.25, -0.2) is 0 Å². The molecule has 1 aromatic carbocycles. The quantitative estimate of drug-likeness (QED) is 0.871. The third-order valence-electron chi connectivity index (χ3n) is 3.16. The largest absolute Gasteiger partial charge is 0.323 e. The van der Waals surface area contributed by atoms with Crippen molar-refractivity contribution in [2.24, 2.45) is 11.7 Å². The van der Waals surface area contributed by atoms with Gasteiger partial charge in [0.2, 0.25) is 0 Å². The Morgan fingerprint density at radius 3 is 2.76 bits per heavy atom. The fourth-order valence-electron chi connectivity index (χ4n) is 1.96. The molecule has 17 heavy (non-hydrogen) atoms. The Bertz CT molecular complexity index is 487. The van der Waals surface area contributed by atoms with Gasteiger partial charge >= 0.3 is 0 Å². The summed E-state index contributed by atoms with van der Waals surface area (Å²) in [6.07, 6.45) is 5.45.